The predicted molar refractivity (Wildman–Crippen MR) is 51.8 cm³/mol. The van der Waals surface area contributed by atoms with Crippen LogP contribution in [0.1, 0.15) is 12.8 Å². The smallest absolute Gasteiger partial charge is 0.222 e. The van der Waals surface area contributed by atoms with Crippen LogP contribution in [0.15, 0.2) is 0 Å². The number of carbonyl (C=O) groups is 1. The number of likely N-dealkylation sites (tertiary alicyclic amines) is 1. The molecule has 0 spiro atoms. The zero-order chi connectivity index (χ0) is 10.6. The van der Waals surface area contributed by atoms with Crippen molar-refractivity contribution in [3.8, 4) is 0 Å². The zero-order valence-electron chi connectivity index (χ0n) is 8.44. The largest absolute Gasteiger partial charge is 0.388 e. The molecule has 82 valence electrons. The zero-order valence-corrected chi connectivity index (χ0v) is 8.44. The molecule has 1 fully saturated rings. The van der Waals surface area contributed by atoms with Gasteiger partial charge in [0.1, 0.15) is 0 Å². The number of hydrogen-bond donors (Lipinski definition) is 3. The maximum atomic E-state index is 11.5. The van der Waals surface area contributed by atoms with Crippen molar-refractivity contribution in [3.05, 3.63) is 0 Å². The molecular weight excluding hydrogens is 184 g/mol. The number of β-amino-alcohol motifs (C(OH)–C–C–N with tert-alkyl or cyclic N) is 2. The lowest BCUT2D eigenvalue weighted by atomic mass is 10.3. The summed E-state index contributed by atoms with van der Waals surface area (Å²) in [6.07, 6.45) is -0.287. The first kappa shape index (κ1) is 11.4. The van der Waals surface area contributed by atoms with Gasteiger partial charge in [0, 0.05) is 19.5 Å². The fourth-order valence-corrected chi connectivity index (χ4v) is 1.55. The summed E-state index contributed by atoms with van der Waals surface area (Å²) in [7, 11) is 1.84. The molecule has 0 aliphatic carbocycles. The third-order valence-electron chi connectivity index (χ3n) is 2.43. The first-order valence-corrected chi connectivity index (χ1v) is 4.93. The van der Waals surface area contributed by atoms with Crippen molar-refractivity contribution in [1.82, 2.24) is 10.2 Å². The van der Waals surface area contributed by atoms with Gasteiger partial charge in [-0.05, 0) is 20.0 Å². The number of nitrogens with zero attached hydrogens (tertiary/aromatic N) is 1. The summed E-state index contributed by atoms with van der Waals surface area (Å²) in [5.41, 5.74) is 0. The minimum Gasteiger partial charge on any atom is -0.388 e. The van der Waals surface area contributed by atoms with Gasteiger partial charge in [0.25, 0.3) is 0 Å². The van der Waals surface area contributed by atoms with Crippen LogP contribution in [0.3, 0.4) is 0 Å². The Morgan fingerprint density at radius 1 is 1.43 bits per heavy atom. The molecule has 1 aliphatic heterocycles. The third-order valence-corrected chi connectivity index (χ3v) is 2.43. The van der Waals surface area contributed by atoms with E-state index in [0.29, 0.717) is 6.42 Å². The lowest BCUT2D eigenvalue weighted by molar-refractivity contribution is -0.130. The Labute approximate surface area is 83.7 Å². The maximum Gasteiger partial charge on any atom is 0.222 e. The first-order chi connectivity index (χ1) is 6.65. The van der Waals surface area contributed by atoms with E-state index >= 15 is 0 Å². The summed E-state index contributed by atoms with van der Waals surface area (Å²) >= 11 is 0. The lowest BCUT2D eigenvalue weighted by Gasteiger charge is -2.14. The van der Waals surface area contributed by atoms with Crippen LogP contribution in [0.2, 0.25) is 0 Å². The van der Waals surface area contributed by atoms with E-state index in [1.54, 1.807) is 0 Å². The Hall–Kier alpha value is -0.650. The van der Waals surface area contributed by atoms with Gasteiger partial charge < -0.3 is 20.4 Å². The summed E-state index contributed by atoms with van der Waals surface area (Å²) in [5.74, 6) is 0.0100. The number of carbonyl (C=O) groups excluding carboxylic acids is 1. The van der Waals surface area contributed by atoms with Crippen molar-refractivity contribution in [2.45, 2.75) is 25.0 Å². The van der Waals surface area contributed by atoms with Crippen molar-refractivity contribution >= 4 is 5.91 Å². The number of nitrogens with one attached hydrogen (secondary N) is 1. The summed E-state index contributed by atoms with van der Waals surface area (Å²) in [4.78, 5) is 13.0. The summed E-state index contributed by atoms with van der Waals surface area (Å²) in [6, 6.07) is 0. The highest BCUT2D eigenvalue weighted by Gasteiger charge is 2.31. The molecule has 0 aromatic heterocycles. The summed E-state index contributed by atoms with van der Waals surface area (Å²) in [5, 5.41) is 21.4. The van der Waals surface area contributed by atoms with Crippen LogP contribution in [0, 0.1) is 0 Å². The van der Waals surface area contributed by atoms with Crippen LogP contribution in [0.4, 0.5) is 0 Å². The summed E-state index contributed by atoms with van der Waals surface area (Å²) < 4.78 is 0. The average molecular weight is 202 g/mol. The van der Waals surface area contributed by atoms with E-state index in [9.17, 15) is 15.0 Å². The molecule has 0 radical (unpaired) electrons. The van der Waals surface area contributed by atoms with Gasteiger partial charge in [-0.25, -0.2) is 0 Å². The Morgan fingerprint density at radius 3 is 2.50 bits per heavy atom. The van der Waals surface area contributed by atoms with Crippen molar-refractivity contribution < 1.29 is 15.0 Å². The van der Waals surface area contributed by atoms with Gasteiger partial charge in [-0.1, -0.05) is 0 Å². The SMILES string of the molecule is CNCCCC(=O)N1CC(O)C(O)C1. The molecule has 1 rings (SSSR count). The molecule has 1 amide bonds. The molecule has 2 atom stereocenters. The number of amides is 1. The molecule has 2 unspecified atom stereocenters. The molecule has 3 N–H and O–H groups in total. The van der Waals surface area contributed by atoms with Crippen molar-refractivity contribution in [2.24, 2.45) is 0 Å². The molecule has 1 aliphatic rings. The van der Waals surface area contributed by atoms with E-state index in [1.165, 1.54) is 4.90 Å². The fourth-order valence-electron chi connectivity index (χ4n) is 1.55. The van der Waals surface area contributed by atoms with Crippen LogP contribution in [0.25, 0.3) is 0 Å². The van der Waals surface area contributed by atoms with Crippen LogP contribution in [-0.2, 0) is 4.79 Å². The average Bonchev–Trinajstić information content (AvgIpc) is 2.47. The quantitative estimate of drug-likeness (QED) is 0.488. The van der Waals surface area contributed by atoms with Crippen LogP contribution >= 0.6 is 0 Å². The third kappa shape index (κ3) is 2.94. The molecule has 1 saturated heterocycles. The van der Waals surface area contributed by atoms with Gasteiger partial charge in [-0.3, -0.25) is 4.79 Å². The van der Waals surface area contributed by atoms with Gasteiger partial charge in [0.15, 0.2) is 0 Å². The van der Waals surface area contributed by atoms with E-state index in [-0.39, 0.29) is 19.0 Å². The van der Waals surface area contributed by atoms with Gasteiger partial charge in [0.2, 0.25) is 5.91 Å². The Kier molecular flexibility index (Phi) is 4.31. The van der Waals surface area contributed by atoms with E-state index in [4.69, 9.17) is 0 Å². The molecule has 14 heavy (non-hydrogen) atoms. The highest BCUT2D eigenvalue weighted by molar-refractivity contribution is 5.76. The first-order valence-electron chi connectivity index (χ1n) is 4.93. The van der Waals surface area contributed by atoms with Crippen molar-refractivity contribution in [1.29, 1.82) is 0 Å². The van der Waals surface area contributed by atoms with Gasteiger partial charge in [-0.2, -0.15) is 0 Å². The fraction of sp³-hybridized carbons (Fsp3) is 0.889. The molecule has 0 aromatic rings. The van der Waals surface area contributed by atoms with E-state index in [0.717, 1.165) is 13.0 Å². The lowest BCUT2D eigenvalue weighted by Crippen LogP contribution is -2.30. The topological polar surface area (TPSA) is 72.8 Å². The molecule has 0 aromatic carbocycles. The Balaban J connectivity index is 2.25. The normalized spacial score (nSPS) is 26.9. The van der Waals surface area contributed by atoms with Gasteiger partial charge >= 0.3 is 0 Å². The van der Waals surface area contributed by atoms with Gasteiger partial charge in [0.05, 0.1) is 12.2 Å². The minimum atomic E-state index is -0.775. The Bertz CT molecular complexity index is 188. The van der Waals surface area contributed by atoms with E-state index < -0.39 is 12.2 Å². The molecule has 5 nitrogen and oxygen atoms in total. The summed E-state index contributed by atoms with van der Waals surface area (Å²) in [6.45, 7) is 1.34. The number of aliphatic hydroxyl groups is 2. The second-order valence-electron chi connectivity index (χ2n) is 3.64. The second kappa shape index (κ2) is 5.29. The highest BCUT2D eigenvalue weighted by atomic mass is 16.3. The molecule has 5 heteroatoms. The molecule has 0 saturated carbocycles. The highest BCUT2D eigenvalue weighted by Crippen LogP contribution is 2.11. The minimum absolute atomic E-state index is 0.0100. The Morgan fingerprint density at radius 2 is 2.00 bits per heavy atom. The number of hydrogen-bond acceptors (Lipinski definition) is 4. The van der Waals surface area contributed by atoms with Crippen molar-refractivity contribution in [2.75, 3.05) is 26.7 Å². The molecular formula is C9H18N2O3. The van der Waals surface area contributed by atoms with Gasteiger partial charge in [-0.15, -0.1) is 0 Å². The predicted octanol–water partition coefficient (Wildman–Crippen LogP) is -1.45. The monoisotopic (exact) mass is 202 g/mol. The molecule has 1 heterocycles. The standard InChI is InChI=1S/C9H18N2O3/c1-10-4-2-3-9(14)11-5-7(12)8(13)6-11/h7-8,10,12-13H,2-6H2,1H3. The maximum absolute atomic E-state index is 11.5. The number of aliphatic hydroxyl groups excluding tert-OH is 2. The van der Waals surface area contributed by atoms with Crippen molar-refractivity contribution in [3.63, 3.8) is 0 Å². The van der Waals surface area contributed by atoms with Crippen LogP contribution < -0.4 is 5.32 Å². The van der Waals surface area contributed by atoms with E-state index in [1.807, 2.05) is 7.05 Å². The van der Waals surface area contributed by atoms with Crippen LogP contribution in [-0.4, -0.2) is 59.9 Å². The number of rotatable bonds is 4. The second-order valence-corrected chi connectivity index (χ2v) is 3.64. The molecule has 0 bridgehead atoms. The van der Waals surface area contributed by atoms with Crippen LogP contribution in [0.5, 0.6) is 0 Å². The van der Waals surface area contributed by atoms with E-state index in [2.05, 4.69) is 5.32 Å².